The highest BCUT2D eigenvalue weighted by atomic mass is 35.5. The molecule has 0 aliphatic carbocycles. The summed E-state index contributed by atoms with van der Waals surface area (Å²) in [7, 11) is 1.62. The van der Waals surface area contributed by atoms with Crippen LogP contribution in [-0.2, 0) is 13.0 Å². The lowest BCUT2D eigenvalue weighted by molar-refractivity contribution is 0.195. The molecule has 3 nitrogen and oxygen atoms in total. The minimum atomic E-state index is -0.340. The van der Waals surface area contributed by atoms with Gasteiger partial charge in [-0.25, -0.2) is 0 Å². The maximum Gasteiger partial charge on any atom is 0.125 e. The summed E-state index contributed by atoms with van der Waals surface area (Å²) in [5.41, 5.74) is 1.98. The molecule has 1 unspecified atom stereocenters. The van der Waals surface area contributed by atoms with Crippen molar-refractivity contribution in [2.75, 3.05) is 7.11 Å². The van der Waals surface area contributed by atoms with Crippen LogP contribution in [0.4, 0.5) is 0 Å². The van der Waals surface area contributed by atoms with Crippen LogP contribution in [0.15, 0.2) is 42.5 Å². The minimum Gasteiger partial charge on any atom is -0.496 e. The van der Waals surface area contributed by atoms with Crippen LogP contribution in [0.1, 0.15) is 18.1 Å². The van der Waals surface area contributed by atoms with Crippen LogP contribution in [0.5, 0.6) is 11.5 Å². The molecule has 112 valence electrons. The first-order valence-electron chi connectivity index (χ1n) is 6.80. The molecule has 0 spiro atoms. The lowest BCUT2D eigenvalue weighted by Crippen LogP contribution is -2.04. The number of hydrogen-bond donors (Lipinski definition) is 1. The number of aliphatic hydroxyl groups excluding tert-OH is 1. The molecule has 1 N–H and O–H groups in total. The van der Waals surface area contributed by atoms with Gasteiger partial charge in [0, 0.05) is 10.6 Å². The van der Waals surface area contributed by atoms with Crippen molar-refractivity contribution in [1.29, 1.82) is 0 Å². The maximum atomic E-state index is 9.35. The Balaban J connectivity index is 2.01. The molecule has 2 rings (SSSR count). The van der Waals surface area contributed by atoms with E-state index >= 15 is 0 Å². The van der Waals surface area contributed by atoms with Gasteiger partial charge in [-0.1, -0.05) is 23.7 Å². The molecule has 0 aromatic heterocycles. The fourth-order valence-electron chi connectivity index (χ4n) is 2.08. The first-order valence-corrected chi connectivity index (χ1v) is 7.18. The van der Waals surface area contributed by atoms with E-state index in [1.165, 1.54) is 0 Å². The van der Waals surface area contributed by atoms with E-state index in [1.807, 2.05) is 36.4 Å². The van der Waals surface area contributed by atoms with Crippen molar-refractivity contribution in [3.8, 4) is 11.5 Å². The lowest BCUT2D eigenvalue weighted by Gasteiger charge is -2.11. The highest BCUT2D eigenvalue weighted by molar-refractivity contribution is 6.30. The minimum absolute atomic E-state index is 0.340. The van der Waals surface area contributed by atoms with Crippen molar-refractivity contribution in [3.05, 3.63) is 58.6 Å². The molecule has 4 heteroatoms. The van der Waals surface area contributed by atoms with E-state index in [1.54, 1.807) is 20.1 Å². The van der Waals surface area contributed by atoms with E-state index in [4.69, 9.17) is 21.1 Å². The molecule has 0 bridgehead atoms. The maximum absolute atomic E-state index is 9.35. The molecule has 21 heavy (non-hydrogen) atoms. The van der Waals surface area contributed by atoms with E-state index in [0.717, 1.165) is 22.6 Å². The van der Waals surface area contributed by atoms with E-state index in [-0.39, 0.29) is 6.10 Å². The van der Waals surface area contributed by atoms with Gasteiger partial charge in [-0.15, -0.1) is 0 Å². The second-order valence-electron chi connectivity index (χ2n) is 4.94. The van der Waals surface area contributed by atoms with Crippen molar-refractivity contribution >= 4 is 11.6 Å². The van der Waals surface area contributed by atoms with Crippen LogP contribution in [0.3, 0.4) is 0 Å². The smallest absolute Gasteiger partial charge is 0.125 e. The van der Waals surface area contributed by atoms with Crippen molar-refractivity contribution in [1.82, 2.24) is 0 Å². The highest BCUT2D eigenvalue weighted by Gasteiger charge is 2.05. The second-order valence-corrected chi connectivity index (χ2v) is 5.38. The van der Waals surface area contributed by atoms with Gasteiger partial charge in [-0.3, -0.25) is 0 Å². The summed E-state index contributed by atoms with van der Waals surface area (Å²) in [5, 5.41) is 10.0. The molecule has 0 aliphatic rings. The van der Waals surface area contributed by atoms with Crippen molar-refractivity contribution in [2.24, 2.45) is 0 Å². The normalized spacial score (nSPS) is 12.0. The molecule has 0 heterocycles. The molecule has 2 aromatic rings. The highest BCUT2D eigenvalue weighted by Crippen LogP contribution is 2.24. The zero-order valence-electron chi connectivity index (χ0n) is 12.2. The molecule has 0 saturated carbocycles. The number of halogens is 1. The first kappa shape index (κ1) is 15.7. The predicted molar refractivity (Wildman–Crippen MR) is 84.2 cm³/mol. The van der Waals surface area contributed by atoms with Gasteiger partial charge in [0.25, 0.3) is 0 Å². The van der Waals surface area contributed by atoms with Gasteiger partial charge in [-0.05, 0) is 49.2 Å². The van der Waals surface area contributed by atoms with E-state index in [9.17, 15) is 5.11 Å². The van der Waals surface area contributed by atoms with Crippen molar-refractivity contribution < 1.29 is 14.6 Å². The Bertz CT molecular complexity index is 579. The Hall–Kier alpha value is -1.71. The van der Waals surface area contributed by atoms with Gasteiger partial charge in [0.2, 0.25) is 0 Å². The molecular formula is C17H19ClO3. The Morgan fingerprint density at radius 3 is 2.48 bits per heavy atom. The van der Waals surface area contributed by atoms with Crippen LogP contribution < -0.4 is 9.47 Å². The number of aliphatic hydroxyl groups is 1. The van der Waals surface area contributed by atoms with E-state index < -0.39 is 0 Å². The largest absolute Gasteiger partial charge is 0.496 e. The first-order chi connectivity index (χ1) is 10.1. The van der Waals surface area contributed by atoms with Gasteiger partial charge < -0.3 is 14.6 Å². The van der Waals surface area contributed by atoms with Crippen LogP contribution in [-0.4, -0.2) is 18.3 Å². The van der Waals surface area contributed by atoms with E-state index in [2.05, 4.69) is 0 Å². The fraction of sp³-hybridized carbons (Fsp3) is 0.294. The second kappa shape index (κ2) is 7.34. The summed E-state index contributed by atoms with van der Waals surface area (Å²) in [6.45, 7) is 2.16. The SMILES string of the molecule is COc1ccc(Cl)cc1COc1ccc(CC(C)O)cc1. The zero-order valence-corrected chi connectivity index (χ0v) is 12.9. The van der Waals surface area contributed by atoms with Gasteiger partial charge >= 0.3 is 0 Å². The Kier molecular flexibility index (Phi) is 5.48. The third kappa shape index (κ3) is 4.66. The number of methoxy groups -OCH3 is 1. The van der Waals surface area contributed by atoms with E-state index in [0.29, 0.717) is 18.1 Å². The third-order valence-electron chi connectivity index (χ3n) is 3.09. The standard InChI is InChI=1S/C17H19ClO3/c1-12(19)9-13-3-6-16(7-4-13)21-11-14-10-15(18)5-8-17(14)20-2/h3-8,10,12,19H,9,11H2,1-2H3. The third-order valence-corrected chi connectivity index (χ3v) is 3.33. The fourth-order valence-corrected chi connectivity index (χ4v) is 2.28. The summed E-state index contributed by atoms with van der Waals surface area (Å²) in [6, 6.07) is 13.2. The van der Waals surface area contributed by atoms with Gasteiger partial charge in [0.1, 0.15) is 18.1 Å². The summed E-state index contributed by atoms with van der Waals surface area (Å²) >= 11 is 5.99. The average Bonchev–Trinajstić information content (AvgIpc) is 2.46. The predicted octanol–water partition coefficient (Wildman–Crippen LogP) is 3.85. The number of benzene rings is 2. The number of rotatable bonds is 6. The van der Waals surface area contributed by atoms with Crippen molar-refractivity contribution in [3.63, 3.8) is 0 Å². The Labute approximate surface area is 130 Å². The molecule has 1 atom stereocenters. The molecule has 0 amide bonds. The number of ether oxygens (including phenoxy) is 2. The summed E-state index contributed by atoms with van der Waals surface area (Å²) in [5.74, 6) is 1.52. The lowest BCUT2D eigenvalue weighted by atomic mass is 10.1. The Morgan fingerprint density at radius 2 is 1.86 bits per heavy atom. The average molecular weight is 307 g/mol. The number of hydrogen-bond acceptors (Lipinski definition) is 3. The quantitative estimate of drug-likeness (QED) is 0.881. The summed E-state index contributed by atoms with van der Waals surface area (Å²) < 4.78 is 11.0. The van der Waals surface area contributed by atoms with Crippen LogP contribution >= 0.6 is 11.6 Å². The van der Waals surface area contributed by atoms with Crippen LogP contribution in [0.25, 0.3) is 0 Å². The van der Waals surface area contributed by atoms with Crippen molar-refractivity contribution in [2.45, 2.75) is 26.1 Å². The molecule has 0 fully saturated rings. The van der Waals surface area contributed by atoms with Crippen LogP contribution in [0.2, 0.25) is 5.02 Å². The van der Waals surface area contributed by atoms with Gasteiger partial charge in [0.15, 0.2) is 0 Å². The molecule has 0 saturated heterocycles. The molecule has 0 radical (unpaired) electrons. The van der Waals surface area contributed by atoms with Gasteiger partial charge in [0.05, 0.1) is 13.2 Å². The Morgan fingerprint density at radius 1 is 1.14 bits per heavy atom. The monoisotopic (exact) mass is 306 g/mol. The molecule has 0 aliphatic heterocycles. The molecule has 2 aromatic carbocycles. The molecular weight excluding hydrogens is 288 g/mol. The topological polar surface area (TPSA) is 38.7 Å². The zero-order chi connectivity index (χ0) is 15.2. The summed E-state index contributed by atoms with van der Waals surface area (Å²) in [6.07, 6.45) is 0.301. The van der Waals surface area contributed by atoms with Gasteiger partial charge in [-0.2, -0.15) is 0 Å². The van der Waals surface area contributed by atoms with Crippen LogP contribution in [0, 0.1) is 0 Å². The summed E-state index contributed by atoms with van der Waals surface area (Å²) in [4.78, 5) is 0.